The van der Waals surface area contributed by atoms with Gasteiger partial charge in [-0.15, -0.1) is 0 Å². The lowest BCUT2D eigenvalue weighted by Crippen LogP contribution is -2.30. The van der Waals surface area contributed by atoms with Crippen LogP contribution in [0, 0.1) is 0 Å². The smallest absolute Gasteiger partial charge is 0.171 e. The largest absolute Gasteiger partial charge is 0.372 e. The Bertz CT molecular complexity index is 763. The molecule has 2 N–H and O–H groups in total. The molecule has 2 saturated heterocycles. The van der Waals surface area contributed by atoms with Crippen LogP contribution in [0.5, 0.6) is 0 Å². The van der Waals surface area contributed by atoms with Crippen LogP contribution >= 0.6 is 12.2 Å². The van der Waals surface area contributed by atoms with Gasteiger partial charge in [0.2, 0.25) is 0 Å². The Balaban J connectivity index is 1.25. The lowest BCUT2D eigenvalue weighted by molar-refractivity contribution is 0.573. The number of hydrogen-bond acceptors (Lipinski definition) is 4. The third kappa shape index (κ3) is 4.93. The van der Waals surface area contributed by atoms with Crippen molar-refractivity contribution in [2.75, 3.05) is 41.3 Å². The Morgan fingerprint density at radius 2 is 1.54 bits per heavy atom. The van der Waals surface area contributed by atoms with Crippen molar-refractivity contribution in [1.29, 1.82) is 0 Å². The van der Waals surface area contributed by atoms with Gasteiger partial charge in [-0.05, 0) is 74.2 Å². The summed E-state index contributed by atoms with van der Waals surface area (Å²) in [6.07, 6.45) is 8.32. The van der Waals surface area contributed by atoms with Crippen molar-refractivity contribution in [1.82, 2.24) is 10.3 Å². The first kappa shape index (κ1) is 19.0. The Labute approximate surface area is 173 Å². The maximum Gasteiger partial charge on any atom is 0.171 e. The molecule has 1 aromatic heterocycles. The molecule has 4 rings (SSSR count). The Morgan fingerprint density at radius 1 is 0.857 bits per heavy atom. The first-order chi connectivity index (χ1) is 13.8. The van der Waals surface area contributed by atoms with Crippen LogP contribution in [0.2, 0.25) is 0 Å². The highest BCUT2D eigenvalue weighted by molar-refractivity contribution is 7.80. The number of pyridine rings is 1. The fraction of sp³-hybridized carbons (Fsp3) is 0.455. The van der Waals surface area contributed by atoms with E-state index >= 15 is 0 Å². The van der Waals surface area contributed by atoms with Crippen LogP contribution < -0.4 is 20.4 Å². The van der Waals surface area contributed by atoms with Crippen LogP contribution in [0.1, 0.15) is 37.7 Å². The third-order valence-electron chi connectivity index (χ3n) is 5.55. The van der Waals surface area contributed by atoms with E-state index < -0.39 is 0 Å². The van der Waals surface area contributed by atoms with Crippen LogP contribution in [0.3, 0.4) is 0 Å². The average molecular weight is 396 g/mol. The Morgan fingerprint density at radius 3 is 2.21 bits per heavy atom. The number of aromatic nitrogens is 1. The number of nitrogens with one attached hydrogen (secondary N) is 2. The van der Waals surface area contributed by atoms with Crippen molar-refractivity contribution < 1.29 is 0 Å². The summed E-state index contributed by atoms with van der Waals surface area (Å²) in [6.45, 7) is 5.28. The second-order valence-electron chi connectivity index (χ2n) is 7.62. The summed E-state index contributed by atoms with van der Waals surface area (Å²) in [5.41, 5.74) is 3.47. The summed E-state index contributed by atoms with van der Waals surface area (Å²) in [5.74, 6) is 1.06. The monoisotopic (exact) mass is 395 g/mol. The number of piperidine rings is 1. The van der Waals surface area contributed by atoms with Gasteiger partial charge in [0.05, 0.1) is 11.9 Å². The van der Waals surface area contributed by atoms with Gasteiger partial charge in [0.25, 0.3) is 0 Å². The van der Waals surface area contributed by atoms with Gasteiger partial charge in [0, 0.05) is 38.4 Å². The molecule has 5 nitrogen and oxygen atoms in total. The molecule has 2 aliphatic heterocycles. The Hall–Kier alpha value is -2.34. The lowest BCUT2D eigenvalue weighted by Gasteiger charge is -2.27. The minimum atomic E-state index is 0.621. The molecule has 0 atom stereocenters. The lowest BCUT2D eigenvalue weighted by atomic mass is 10.1. The van der Waals surface area contributed by atoms with E-state index in [0.29, 0.717) is 11.7 Å². The van der Waals surface area contributed by atoms with Gasteiger partial charge < -0.3 is 20.4 Å². The van der Waals surface area contributed by atoms with Crippen LogP contribution in [0.25, 0.3) is 0 Å². The summed E-state index contributed by atoms with van der Waals surface area (Å²) in [7, 11) is 0. The highest BCUT2D eigenvalue weighted by atomic mass is 32.1. The zero-order valence-electron chi connectivity index (χ0n) is 16.4. The molecule has 6 heteroatoms. The third-order valence-corrected chi connectivity index (χ3v) is 5.79. The molecular weight excluding hydrogens is 366 g/mol. The van der Waals surface area contributed by atoms with Gasteiger partial charge in [-0.3, -0.25) is 0 Å². The van der Waals surface area contributed by atoms with E-state index in [-0.39, 0.29) is 0 Å². The van der Waals surface area contributed by atoms with Crippen molar-refractivity contribution in [2.45, 2.75) is 38.6 Å². The topological polar surface area (TPSA) is 43.4 Å². The number of nitrogens with zero attached hydrogens (tertiary/aromatic N) is 3. The fourth-order valence-electron chi connectivity index (χ4n) is 3.93. The highest BCUT2D eigenvalue weighted by Gasteiger charge is 2.13. The predicted molar refractivity (Wildman–Crippen MR) is 121 cm³/mol. The van der Waals surface area contributed by atoms with E-state index in [0.717, 1.165) is 24.6 Å². The van der Waals surface area contributed by atoms with Crippen molar-refractivity contribution in [3.8, 4) is 0 Å². The van der Waals surface area contributed by atoms with E-state index in [1.165, 1.54) is 56.4 Å². The molecule has 0 aliphatic carbocycles. The molecule has 3 heterocycles. The van der Waals surface area contributed by atoms with Crippen molar-refractivity contribution in [2.24, 2.45) is 0 Å². The van der Waals surface area contributed by atoms with E-state index in [2.05, 4.69) is 61.8 Å². The van der Waals surface area contributed by atoms with Crippen LogP contribution in [0.15, 0.2) is 42.6 Å². The molecule has 0 saturated carbocycles. The first-order valence-electron chi connectivity index (χ1n) is 10.4. The SMILES string of the molecule is S=C(NCc1ccc(N2CCCC2)cc1)Nc1ccc(N2CCCCC2)nc1. The molecule has 148 valence electrons. The molecule has 0 unspecified atom stereocenters. The number of benzene rings is 1. The second-order valence-corrected chi connectivity index (χ2v) is 8.03. The number of anilines is 3. The summed E-state index contributed by atoms with van der Waals surface area (Å²) < 4.78 is 0. The van der Waals surface area contributed by atoms with Gasteiger partial charge in [0.1, 0.15) is 5.82 Å². The van der Waals surface area contributed by atoms with E-state index in [9.17, 15) is 0 Å². The average Bonchev–Trinajstić information content (AvgIpc) is 3.29. The van der Waals surface area contributed by atoms with Crippen molar-refractivity contribution in [3.05, 3.63) is 48.2 Å². The molecule has 0 radical (unpaired) electrons. The zero-order valence-corrected chi connectivity index (χ0v) is 17.2. The van der Waals surface area contributed by atoms with Gasteiger partial charge >= 0.3 is 0 Å². The van der Waals surface area contributed by atoms with Crippen LogP contribution in [0.4, 0.5) is 17.2 Å². The molecule has 28 heavy (non-hydrogen) atoms. The fourth-order valence-corrected chi connectivity index (χ4v) is 4.12. The maximum atomic E-state index is 5.44. The van der Waals surface area contributed by atoms with Crippen molar-refractivity contribution >= 4 is 34.5 Å². The van der Waals surface area contributed by atoms with E-state index in [1.54, 1.807) is 0 Å². The quantitative estimate of drug-likeness (QED) is 0.741. The number of hydrogen-bond donors (Lipinski definition) is 2. The van der Waals surface area contributed by atoms with E-state index in [4.69, 9.17) is 12.2 Å². The Kier molecular flexibility index (Phi) is 6.27. The summed E-state index contributed by atoms with van der Waals surface area (Å²) in [4.78, 5) is 9.40. The summed E-state index contributed by atoms with van der Waals surface area (Å²) >= 11 is 5.44. The molecule has 2 fully saturated rings. The van der Waals surface area contributed by atoms with Crippen LogP contribution in [-0.4, -0.2) is 36.3 Å². The molecule has 0 amide bonds. The molecule has 0 bridgehead atoms. The molecule has 2 aliphatic rings. The second kappa shape index (κ2) is 9.24. The molecule has 0 spiro atoms. The van der Waals surface area contributed by atoms with Gasteiger partial charge in [0.15, 0.2) is 5.11 Å². The van der Waals surface area contributed by atoms with Gasteiger partial charge in [-0.1, -0.05) is 12.1 Å². The molecule has 1 aromatic carbocycles. The first-order valence-corrected chi connectivity index (χ1v) is 10.8. The highest BCUT2D eigenvalue weighted by Crippen LogP contribution is 2.21. The van der Waals surface area contributed by atoms with Gasteiger partial charge in [-0.2, -0.15) is 0 Å². The molecule has 2 aromatic rings. The van der Waals surface area contributed by atoms with E-state index in [1.807, 2.05) is 6.20 Å². The zero-order chi connectivity index (χ0) is 19.2. The number of thiocarbonyl (C=S) groups is 1. The standard InChI is InChI=1S/C22H29N5S/c28-22(24-16-18-6-9-20(10-7-18)26-12-4-5-13-26)25-19-8-11-21(23-17-19)27-14-2-1-3-15-27/h6-11,17H,1-5,12-16H2,(H2,24,25,28). The predicted octanol–water partition coefficient (Wildman–Crippen LogP) is 4.16. The number of rotatable bonds is 5. The minimum Gasteiger partial charge on any atom is -0.372 e. The van der Waals surface area contributed by atoms with Gasteiger partial charge in [-0.25, -0.2) is 4.98 Å². The molecular formula is C22H29N5S. The van der Waals surface area contributed by atoms with Crippen molar-refractivity contribution in [3.63, 3.8) is 0 Å². The minimum absolute atomic E-state index is 0.621. The summed E-state index contributed by atoms with van der Waals surface area (Å²) in [6, 6.07) is 12.9. The normalized spacial score (nSPS) is 16.9. The summed E-state index contributed by atoms with van der Waals surface area (Å²) in [5, 5.41) is 7.13. The van der Waals surface area contributed by atoms with Crippen LogP contribution in [-0.2, 0) is 6.54 Å². The maximum absolute atomic E-state index is 5.44.